The molecule has 2 rings (SSSR count). The third-order valence-corrected chi connectivity index (χ3v) is 5.21. The first-order valence-corrected chi connectivity index (χ1v) is 8.55. The van der Waals surface area contributed by atoms with E-state index < -0.39 is 10.0 Å². The standard InChI is InChI=1S/C14H14Cl2N2O3S/c1-18(8-9-21-12-4-2-11(15)3-5-12)22(19,20)13-6-7-14(16)17-10-13/h2-7,10H,8-9H2,1H3. The molecular weight excluding hydrogens is 347 g/mol. The summed E-state index contributed by atoms with van der Waals surface area (Å²) in [5.74, 6) is 0.628. The second kappa shape index (κ2) is 7.28. The Labute approximate surface area is 139 Å². The molecule has 0 aliphatic rings. The van der Waals surface area contributed by atoms with Crippen LogP contribution in [0.15, 0.2) is 47.5 Å². The number of pyridine rings is 1. The number of rotatable bonds is 6. The van der Waals surface area contributed by atoms with Gasteiger partial charge in [0.1, 0.15) is 22.4 Å². The smallest absolute Gasteiger partial charge is 0.244 e. The lowest BCUT2D eigenvalue weighted by atomic mass is 10.3. The number of nitrogens with zero attached hydrogens (tertiary/aromatic N) is 2. The predicted molar refractivity (Wildman–Crippen MR) is 86.0 cm³/mol. The Balaban J connectivity index is 1.94. The molecule has 22 heavy (non-hydrogen) atoms. The highest BCUT2D eigenvalue weighted by Crippen LogP contribution is 2.17. The fourth-order valence-electron chi connectivity index (χ4n) is 1.64. The zero-order valence-corrected chi connectivity index (χ0v) is 14.1. The van der Waals surface area contributed by atoms with E-state index in [1.807, 2.05) is 0 Å². The highest BCUT2D eigenvalue weighted by atomic mass is 35.5. The molecule has 1 aromatic carbocycles. The number of sulfonamides is 1. The molecule has 8 heteroatoms. The summed E-state index contributed by atoms with van der Waals surface area (Å²) >= 11 is 11.4. The van der Waals surface area contributed by atoms with E-state index in [-0.39, 0.29) is 23.2 Å². The molecule has 0 atom stereocenters. The monoisotopic (exact) mass is 360 g/mol. The Morgan fingerprint density at radius 3 is 2.41 bits per heavy atom. The van der Waals surface area contributed by atoms with E-state index in [4.69, 9.17) is 27.9 Å². The van der Waals surface area contributed by atoms with Crippen LogP contribution in [0.1, 0.15) is 0 Å². The summed E-state index contributed by atoms with van der Waals surface area (Å²) in [5.41, 5.74) is 0. The van der Waals surface area contributed by atoms with E-state index in [9.17, 15) is 8.42 Å². The normalized spacial score (nSPS) is 11.6. The van der Waals surface area contributed by atoms with E-state index >= 15 is 0 Å². The van der Waals surface area contributed by atoms with Gasteiger partial charge in [0, 0.05) is 24.8 Å². The van der Waals surface area contributed by atoms with Crippen molar-refractivity contribution < 1.29 is 13.2 Å². The summed E-state index contributed by atoms with van der Waals surface area (Å²) in [6, 6.07) is 9.71. The van der Waals surface area contributed by atoms with E-state index in [0.29, 0.717) is 10.8 Å². The maximum Gasteiger partial charge on any atom is 0.244 e. The van der Waals surface area contributed by atoms with Gasteiger partial charge in [0.25, 0.3) is 0 Å². The van der Waals surface area contributed by atoms with Gasteiger partial charge in [-0.3, -0.25) is 0 Å². The first kappa shape index (κ1) is 17.0. The van der Waals surface area contributed by atoms with E-state index in [2.05, 4.69) is 4.98 Å². The minimum Gasteiger partial charge on any atom is -0.492 e. The van der Waals surface area contributed by atoms with Crippen LogP contribution in [0.4, 0.5) is 0 Å². The van der Waals surface area contributed by atoms with Crippen LogP contribution < -0.4 is 4.74 Å². The molecule has 1 aromatic heterocycles. The van der Waals surface area contributed by atoms with E-state index in [1.54, 1.807) is 24.3 Å². The summed E-state index contributed by atoms with van der Waals surface area (Å²) < 4.78 is 31.3. The molecule has 2 aromatic rings. The van der Waals surface area contributed by atoms with Crippen molar-refractivity contribution in [2.45, 2.75) is 4.90 Å². The summed E-state index contributed by atoms with van der Waals surface area (Å²) in [6.07, 6.45) is 1.23. The number of benzene rings is 1. The fraction of sp³-hybridized carbons (Fsp3) is 0.214. The third kappa shape index (κ3) is 4.33. The van der Waals surface area contributed by atoms with Crippen LogP contribution in [0.25, 0.3) is 0 Å². The minimum absolute atomic E-state index is 0.0888. The number of aromatic nitrogens is 1. The maximum absolute atomic E-state index is 12.3. The van der Waals surface area contributed by atoms with Gasteiger partial charge >= 0.3 is 0 Å². The molecule has 0 saturated heterocycles. The van der Waals surface area contributed by atoms with Gasteiger partial charge in [0.2, 0.25) is 10.0 Å². The molecule has 0 saturated carbocycles. The first-order valence-electron chi connectivity index (χ1n) is 6.36. The first-order chi connectivity index (χ1) is 10.4. The zero-order chi connectivity index (χ0) is 16.2. The van der Waals surface area contributed by atoms with Gasteiger partial charge in [0.15, 0.2) is 0 Å². The molecule has 0 fully saturated rings. The Morgan fingerprint density at radius 1 is 1.14 bits per heavy atom. The number of ether oxygens (including phenoxy) is 1. The molecule has 0 radical (unpaired) electrons. The van der Waals surface area contributed by atoms with E-state index in [0.717, 1.165) is 0 Å². The van der Waals surface area contributed by atoms with Crippen LogP contribution in [0.3, 0.4) is 0 Å². The second-order valence-corrected chi connectivity index (χ2v) is 7.31. The van der Waals surface area contributed by atoms with Crippen molar-refractivity contribution in [3.8, 4) is 5.75 Å². The quantitative estimate of drug-likeness (QED) is 0.742. The highest BCUT2D eigenvalue weighted by Gasteiger charge is 2.20. The summed E-state index contributed by atoms with van der Waals surface area (Å²) in [6.45, 7) is 0.423. The molecule has 1 heterocycles. The van der Waals surface area contributed by atoms with Gasteiger partial charge in [-0.15, -0.1) is 0 Å². The lowest BCUT2D eigenvalue weighted by Crippen LogP contribution is -2.31. The van der Waals surface area contributed by atoms with Crippen LogP contribution in [-0.4, -0.2) is 37.9 Å². The maximum atomic E-state index is 12.3. The molecule has 0 bridgehead atoms. The topological polar surface area (TPSA) is 59.5 Å². The fourth-order valence-corrected chi connectivity index (χ4v) is 2.98. The van der Waals surface area contributed by atoms with Gasteiger partial charge in [-0.2, -0.15) is 4.31 Å². The van der Waals surface area contributed by atoms with Gasteiger partial charge in [-0.1, -0.05) is 23.2 Å². The largest absolute Gasteiger partial charge is 0.492 e. The lowest BCUT2D eigenvalue weighted by molar-refractivity contribution is 0.287. The average Bonchev–Trinajstić information content (AvgIpc) is 2.49. The van der Waals surface area contributed by atoms with Crippen molar-refractivity contribution in [3.05, 3.63) is 52.8 Å². The molecule has 0 spiro atoms. The minimum atomic E-state index is -3.61. The number of halogens is 2. The molecule has 0 unspecified atom stereocenters. The lowest BCUT2D eigenvalue weighted by Gasteiger charge is -2.17. The molecule has 118 valence electrons. The van der Waals surface area contributed by atoms with Crippen molar-refractivity contribution in [2.75, 3.05) is 20.2 Å². The van der Waals surface area contributed by atoms with Crippen LogP contribution >= 0.6 is 23.2 Å². The molecule has 0 amide bonds. The van der Waals surface area contributed by atoms with E-state index in [1.165, 1.54) is 29.7 Å². The molecule has 0 N–H and O–H groups in total. The SMILES string of the molecule is CN(CCOc1ccc(Cl)cc1)S(=O)(=O)c1ccc(Cl)nc1. The van der Waals surface area contributed by atoms with Crippen molar-refractivity contribution in [1.82, 2.24) is 9.29 Å². The third-order valence-electron chi connectivity index (χ3n) is 2.90. The molecule has 0 aliphatic heterocycles. The predicted octanol–water partition coefficient (Wildman–Crippen LogP) is 3.09. The van der Waals surface area contributed by atoms with Crippen LogP contribution in [-0.2, 0) is 10.0 Å². The van der Waals surface area contributed by atoms with Crippen molar-refractivity contribution in [2.24, 2.45) is 0 Å². The highest BCUT2D eigenvalue weighted by molar-refractivity contribution is 7.89. The van der Waals surface area contributed by atoms with Crippen molar-refractivity contribution in [3.63, 3.8) is 0 Å². The van der Waals surface area contributed by atoms with Gasteiger partial charge in [0.05, 0.1) is 0 Å². The average molecular weight is 361 g/mol. The summed E-state index contributed by atoms with van der Waals surface area (Å²) in [7, 11) is -2.12. The van der Waals surface area contributed by atoms with Gasteiger partial charge in [-0.25, -0.2) is 13.4 Å². The van der Waals surface area contributed by atoms with Crippen molar-refractivity contribution >= 4 is 33.2 Å². The summed E-state index contributed by atoms with van der Waals surface area (Å²) in [5, 5.41) is 0.856. The number of hydrogen-bond acceptors (Lipinski definition) is 4. The number of hydrogen-bond donors (Lipinski definition) is 0. The Morgan fingerprint density at radius 2 is 1.82 bits per heavy atom. The van der Waals surface area contributed by atoms with Crippen LogP contribution in [0, 0.1) is 0 Å². The van der Waals surface area contributed by atoms with Gasteiger partial charge in [-0.05, 0) is 36.4 Å². The van der Waals surface area contributed by atoms with Crippen molar-refractivity contribution in [1.29, 1.82) is 0 Å². The zero-order valence-electron chi connectivity index (χ0n) is 11.7. The second-order valence-electron chi connectivity index (χ2n) is 4.45. The number of likely N-dealkylation sites (N-methyl/N-ethyl adjacent to an activating group) is 1. The Hall–Kier alpha value is -1.34. The van der Waals surface area contributed by atoms with Crippen LogP contribution in [0.2, 0.25) is 10.2 Å². The Bertz CT molecular complexity index is 719. The molecule has 5 nitrogen and oxygen atoms in total. The molecule has 0 aliphatic carbocycles. The van der Waals surface area contributed by atoms with Gasteiger partial charge < -0.3 is 4.74 Å². The summed E-state index contributed by atoms with van der Waals surface area (Å²) in [4.78, 5) is 3.87. The van der Waals surface area contributed by atoms with Crippen LogP contribution in [0.5, 0.6) is 5.75 Å². The Kier molecular flexibility index (Phi) is 5.63. The molecular formula is C14H14Cl2N2O3S.